The smallest absolute Gasteiger partial charge is 0.254 e. The molecule has 3 nitrogen and oxygen atoms in total. The highest BCUT2D eigenvalue weighted by atomic mass is 35.5. The lowest BCUT2D eigenvalue weighted by Gasteiger charge is -2.50. The second-order valence-corrected chi connectivity index (χ2v) is 7.47. The number of hydrogen-bond donors (Lipinski definition) is 1. The Kier molecular flexibility index (Phi) is 4.06. The molecule has 1 aromatic rings. The van der Waals surface area contributed by atoms with Crippen LogP contribution in [-0.4, -0.2) is 24.7 Å². The Morgan fingerprint density at radius 1 is 1.26 bits per heavy atom. The highest BCUT2D eigenvalue weighted by Gasteiger charge is 2.57. The van der Waals surface area contributed by atoms with Gasteiger partial charge in [-0.2, -0.15) is 0 Å². The minimum atomic E-state index is -0.564. The summed E-state index contributed by atoms with van der Waals surface area (Å²) in [4.78, 5) is 12.5. The van der Waals surface area contributed by atoms with Crippen molar-refractivity contribution in [1.29, 1.82) is 0 Å². The van der Waals surface area contributed by atoms with E-state index in [4.69, 9.17) is 16.3 Å². The third-order valence-electron chi connectivity index (χ3n) is 5.86. The van der Waals surface area contributed by atoms with Crippen LogP contribution in [0.15, 0.2) is 18.2 Å². The molecule has 1 N–H and O–H groups in total. The molecule has 3 aliphatic rings. The molecule has 1 saturated heterocycles. The minimum absolute atomic E-state index is 0.0712. The lowest BCUT2D eigenvalue weighted by Crippen LogP contribution is -2.63. The van der Waals surface area contributed by atoms with Crippen molar-refractivity contribution >= 4 is 17.5 Å². The number of benzene rings is 1. The van der Waals surface area contributed by atoms with Crippen molar-refractivity contribution in [3.63, 3.8) is 0 Å². The molecule has 5 heteroatoms. The molecule has 0 aromatic heterocycles. The second kappa shape index (κ2) is 6.06. The molecule has 2 aliphatic carbocycles. The summed E-state index contributed by atoms with van der Waals surface area (Å²) in [5, 5.41) is 3.39. The molecule has 3 fully saturated rings. The van der Waals surface area contributed by atoms with Gasteiger partial charge in [-0.3, -0.25) is 4.79 Å². The molecule has 124 valence electrons. The first-order valence-electron chi connectivity index (χ1n) is 8.52. The van der Waals surface area contributed by atoms with Gasteiger partial charge in [0.25, 0.3) is 5.91 Å². The van der Waals surface area contributed by atoms with Crippen molar-refractivity contribution in [2.24, 2.45) is 17.8 Å². The van der Waals surface area contributed by atoms with Crippen LogP contribution >= 0.6 is 11.6 Å². The van der Waals surface area contributed by atoms with Crippen molar-refractivity contribution < 1.29 is 13.9 Å². The Bertz CT molecular complexity index is 612. The SMILES string of the molecule is O=C(N[C@@H]1[C@@H]2CCO[C@@H]2[C@@H]1C1CCCC1)c1ccc(Cl)cc1F. The van der Waals surface area contributed by atoms with Crippen molar-refractivity contribution in [1.82, 2.24) is 5.32 Å². The van der Waals surface area contributed by atoms with Gasteiger partial charge in [-0.25, -0.2) is 4.39 Å². The van der Waals surface area contributed by atoms with Gasteiger partial charge in [0, 0.05) is 29.5 Å². The van der Waals surface area contributed by atoms with Crippen LogP contribution in [0, 0.1) is 23.6 Å². The predicted molar refractivity (Wildman–Crippen MR) is 86.0 cm³/mol. The van der Waals surface area contributed by atoms with Crippen molar-refractivity contribution in [3.8, 4) is 0 Å². The van der Waals surface area contributed by atoms with Crippen molar-refractivity contribution in [2.75, 3.05) is 6.61 Å². The third kappa shape index (κ3) is 2.66. The summed E-state index contributed by atoms with van der Waals surface area (Å²) in [6.45, 7) is 0.778. The maximum Gasteiger partial charge on any atom is 0.254 e. The maximum absolute atomic E-state index is 14.0. The van der Waals surface area contributed by atoms with E-state index in [1.54, 1.807) is 6.07 Å². The van der Waals surface area contributed by atoms with Crippen LogP contribution in [0.1, 0.15) is 42.5 Å². The van der Waals surface area contributed by atoms with E-state index in [1.807, 2.05) is 0 Å². The number of carbonyl (C=O) groups excluding carboxylic acids is 1. The molecular formula is C18H21ClFNO2. The number of nitrogens with one attached hydrogen (secondary N) is 1. The molecule has 0 spiro atoms. The summed E-state index contributed by atoms with van der Waals surface area (Å²) in [6.07, 6.45) is 6.26. The molecule has 1 aromatic carbocycles. The van der Waals surface area contributed by atoms with E-state index in [1.165, 1.54) is 37.8 Å². The highest BCUT2D eigenvalue weighted by Crippen LogP contribution is 2.51. The van der Waals surface area contributed by atoms with Gasteiger partial charge >= 0.3 is 0 Å². The zero-order valence-corrected chi connectivity index (χ0v) is 13.7. The van der Waals surface area contributed by atoms with Crippen molar-refractivity contribution in [3.05, 3.63) is 34.6 Å². The van der Waals surface area contributed by atoms with Gasteiger partial charge in [-0.05, 0) is 30.5 Å². The van der Waals surface area contributed by atoms with E-state index in [-0.39, 0.29) is 17.5 Å². The Hall–Kier alpha value is -1.13. The summed E-state index contributed by atoms with van der Waals surface area (Å²) < 4.78 is 19.9. The van der Waals surface area contributed by atoms with Crippen molar-refractivity contribution in [2.45, 2.75) is 44.2 Å². The van der Waals surface area contributed by atoms with Gasteiger partial charge < -0.3 is 10.1 Å². The summed E-state index contributed by atoms with van der Waals surface area (Å²) in [7, 11) is 0. The topological polar surface area (TPSA) is 38.3 Å². The molecular weight excluding hydrogens is 317 g/mol. The summed E-state index contributed by atoms with van der Waals surface area (Å²) in [5.41, 5.74) is 0.0712. The molecule has 4 atom stereocenters. The first-order valence-corrected chi connectivity index (χ1v) is 8.90. The van der Waals surface area contributed by atoms with Gasteiger partial charge in [-0.15, -0.1) is 0 Å². The molecule has 2 saturated carbocycles. The van der Waals surface area contributed by atoms with E-state index >= 15 is 0 Å². The number of rotatable bonds is 3. The average Bonchev–Trinajstić information content (AvgIpc) is 3.15. The molecule has 0 radical (unpaired) electrons. The maximum atomic E-state index is 14.0. The number of hydrogen-bond acceptors (Lipinski definition) is 2. The third-order valence-corrected chi connectivity index (χ3v) is 6.09. The molecule has 0 bridgehead atoms. The fourth-order valence-corrected chi connectivity index (χ4v) is 4.92. The van der Waals surface area contributed by atoms with Gasteiger partial charge in [0.05, 0.1) is 11.7 Å². The van der Waals surface area contributed by atoms with Crippen LogP contribution in [-0.2, 0) is 4.74 Å². The Balaban J connectivity index is 1.51. The normalized spacial score (nSPS) is 33.3. The van der Waals surface area contributed by atoms with E-state index < -0.39 is 5.82 Å². The molecule has 4 rings (SSSR count). The molecule has 1 amide bonds. The van der Waals surface area contributed by atoms with Gasteiger partial charge in [0.15, 0.2) is 0 Å². The van der Waals surface area contributed by atoms with Gasteiger partial charge in [0.2, 0.25) is 0 Å². The highest BCUT2D eigenvalue weighted by molar-refractivity contribution is 6.30. The zero-order chi connectivity index (χ0) is 16.0. The molecule has 23 heavy (non-hydrogen) atoms. The van der Waals surface area contributed by atoms with E-state index in [0.29, 0.717) is 28.9 Å². The minimum Gasteiger partial charge on any atom is -0.377 e. The largest absolute Gasteiger partial charge is 0.377 e. The summed E-state index contributed by atoms with van der Waals surface area (Å²) in [5.74, 6) is 0.516. The average molecular weight is 338 g/mol. The fourth-order valence-electron chi connectivity index (χ4n) is 4.76. The van der Waals surface area contributed by atoms with Crippen LogP contribution in [0.5, 0.6) is 0 Å². The Morgan fingerprint density at radius 3 is 2.78 bits per heavy atom. The number of fused-ring (bicyclic) bond motifs is 1. The Labute approximate surface area is 140 Å². The van der Waals surface area contributed by atoms with Gasteiger partial charge in [-0.1, -0.05) is 37.3 Å². The lowest BCUT2D eigenvalue weighted by molar-refractivity contribution is -0.0784. The van der Waals surface area contributed by atoms with E-state index in [2.05, 4.69) is 5.32 Å². The molecule has 1 heterocycles. The van der Waals surface area contributed by atoms with Crippen LogP contribution in [0.2, 0.25) is 5.02 Å². The number of ether oxygens (including phenoxy) is 1. The monoisotopic (exact) mass is 337 g/mol. The van der Waals surface area contributed by atoms with E-state index in [9.17, 15) is 9.18 Å². The number of halogens is 2. The summed E-state index contributed by atoms with van der Waals surface area (Å²) >= 11 is 5.76. The van der Waals surface area contributed by atoms with Crippen LogP contribution in [0.4, 0.5) is 4.39 Å². The summed E-state index contributed by atoms with van der Waals surface area (Å²) in [6, 6.07) is 4.32. The fraction of sp³-hybridized carbons (Fsp3) is 0.611. The van der Waals surface area contributed by atoms with E-state index in [0.717, 1.165) is 13.0 Å². The number of amides is 1. The second-order valence-electron chi connectivity index (χ2n) is 7.03. The van der Waals surface area contributed by atoms with Crippen LogP contribution in [0.3, 0.4) is 0 Å². The van der Waals surface area contributed by atoms with Gasteiger partial charge in [0.1, 0.15) is 5.82 Å². The molecule has 0 unspecified atom stereocenters. The molecule has 1 aliphatic heterocycles. The predicted octanol–water partition coefficient (Wildman–Crippen LogP) is 3.80. The number of carbonyl (C=O) groups is 1. The zero-order valence-electron chi connectivity index (χ0n) is 12.9. The lowest BCUT2D eigenvalue weighted by atomic mass is 9.61. The van der Waals surface area contributed by atoms with Crippen LogP contribution in [0.25, 0.3) is 0 Å². The van der Waals surface area contributed by atoms with Crippen LogP contribution < -0.4 is 5.32 Å². The first-order chi connectivity index (χ1) is 11.1. The Morgan fingerprint density at radius 2 is 2.04 bits per heavy atom. The quantitative estimate of drug-likeness (QED) is 0.911. The standard InChI is InChI=1S/C18H21ClFNO2/c19-11-5-6-12(14(20)9-11)18(22)21-16-13-7-8-23-17(13)15(16)10-3-1-2-4-10/h5-6,9-10,13,15-17H,1-4,7-8H2,(H,21,22)/t13-,15+,16+,17-/m0/s1. The first kappa shape index (κ1) is 15.4.